The fraction of sp³-hybridized carbons (Fsp3) is 0.273. The predicted octanol–water partition coefficient (Wildman–Crippen LogP) is 1.32. The maximum atomic E-state index is 12.5. The Morgan fingerprint density at radius 1 is 0.969 bits per heavy atom. The molecule has 0 radical (unpaired) electrons. The fourth-order valence-corrected chi connectivity index (χ4v) is 3.28. The topological polar surface area (TPSA) is 135 Å². The van der Waals surface area contributed by atoms with E-state index >= 15 is 0 Å². The van der Waals surface area contributed by atoms with Crippen LogP contribution in [-0.2, 0) is 9.53 Å². The standard InChI is InChI=1S/C22H22N4O6/c1-4-32-22(31)17-11-16(12(2)23-13(17)3)19(28)25-24-18(27)9-10-26-20(29)14-7-5-6-8-15(14)21(26)30/h5-8,11H,4,9-10H2,1-3H3,(H,24,27)(H,25,28). The number of aryl methyl sites for hydroxylation is 2. The molecule has 2 N–H and O–H groups in total. The second-order valence-corrected chi connectivity index (χ2v) is 7.03. The smallest absolute Gasteiger partial charge is 0.339 e. The molecule has 4 amide bonds. The van der Waals surface area contributed by atoms with Gasteiger partial charge in [-0.05, 0) is 39.0 Å². The molecule has 0 aliphatic carbocycles. The molecule has 32 heavy (non-hydrogen) atoms. The monoisotopic (exact) mass is 438 g/mol. The average molecular weight is 438 g/mol. The summed E-state index contributed by atoms with van der Waals surface area (Å²) in [6.45, 7) is 4.94. The van der Waals surface area contributed by atoms with Gasteiger partial charge in [0.25, 0.3) is 17.7 Å². The second-order valence-electron chi connectivity index (χ2n) is 7.03. The molecule has 0 bridgehead atoms. The number of hydrazine groups is 1. The van der Waals surface area contributed by atoms with Gasteiger partial charge >= 0.3 is 5.97 Å². The first-order chi connectivity index (χ1) is 15.2. The SMILES string of the molecule is CCOC(=O)c1cc(C(=O)NNC(=O)CCN2C(=O)c3ccccc3C2=O)c(C)nc1C. The number of pyridine rings is 1. The Labute approximate surface area is 183 Å². The van der Waals surface area contributed by atoms with Crippen LogP contribution in [-0.4, -0.2) is 52.6 Å². The third-order valence-electron chi connectivity index (χ3n) is 4.90. The Morgan fingerprint density at radius 2 is 1.56 bits per heavy atom. The summed E-state index contributed by atoms with van der Waals surface area (Å²) in [5.74, 6) is -2.80. The molecule has 1 aliphatic heterocycles. The van der Waals surface area contributed by atoms with E-state index in [0.717, 1.165) is 4.90 Å². The van der Waals surface area contributed by atoms with Crippen molar-refractivity contribution in [3.8, 4) is 0 Å². The molecular weight excluding hydrogens is 416 g/mol. The number of aromatic nitrogens is 1. The summed E-state index contributed by atoms with van der Waals surface area (Å²) in [6, 6.07) is 7.78. The summed E-state index contributed by atoms with van der Waals surface area (Å²) in [5.41, 5.74) is 6.12. The number of esters is 1. The molecule has 0 saturated heterocycles. The maximum absolute atomic E-state index is 12.5. The highest BCUT2D eigenvalue weighted by atomic mass is 16.5. The van der Waals surface area contributed by atoms with E-state index < -0.39 is 29.6 Å². The zero-order valence-electron chi connectivity index (χ0n) is 17.9. The molecular formula is C22H22N4O6. The van der Waals surface area contributed by atoms with Crippen molar-refractivity contribution in [3.63, 3.8) is 0 Å². The van der Waals surface area contributed by atoms with E-state index in [0.29, 0.717) is 22.5 Å². The summed E-state index contributed by atoms with van der Waals surface area (Å²) < 4.78 is 4.96. The van der Waals surface area contributed by atoms with E-state index in [4.69, 9.17) is 4.74 Å². The van der Waals surface area contributed by atoms with Crippen molar-refractivity contribution in [1.82, 2.24) is 20.7 Å². The number of nitrogens with one attached hydrogen (secondary N) is 2. The van der Waals surface area contributed by atoms with Crippen molar-refractivity contribution in [2.75, 3.05) is 13.2 Å². The normalized spacial score (nSPS) is 12.4. The average Bonchev–Trinajstić information content (AvgIpc) is 3.00. The number of amides is 4. The van der Waals surface area contributed by atoms with Crippen molar-refractivity contribution in [2.45, 2.75) is 27.2 Å². The van der Waals surface area contributed by atoms with Crippen LogP contribution in [0, 0.1) is 13.8 Å². The molecule has 1 aromatic heterocycles. The predicted molar refractivity (Wildman–Crippen MR) is 112 cm³/mol. The van der Waals surface area contributed by atoms with Crippen LogP contribution >= 0.6 is 0 Å². The number of fused-ring (bicyclic) bond motifs is 1. The lowest BCUT2D eigenvalue weighted by atomic mass is 10.1. The van der Waals surface area contributed by atoms with Crippen LogP contribution in [0.5, 0.6) is 0 Å². The van der Waals surface area contributed by atoms with E-state index in [2.05, 4.69) is 15.8 Å². The van der Waals surface area contributed by atoms with Crippen molar-refractivity contribution in [1.29, 1.82) is 0 Å². The van der Waals surface area contributed by atoms with Crippen LogP contribution in [0.1, 0.15) is 66.2 Å². The van der Waals surface area contributed by atoms with E-state index in [-0.39, 0.29) is 30.7 Å². The number of ether oxygens (including phenoxy) is 1. The van der Waals surface area contributed by atoms with E-state index in [9.17, 15) is 24.0 Å². The van der Waals surface area contributed by atoms with Crippen molar-refractivity contribution < 1.29 is 28.7 Å². The molecule has 1 aliphatic rings. The highest BCUT2D eigenvalue weighted by molar-refractivity contribution is 6.21. The largest absolute Gasteiger partial charge is 0.462 e. The van der Waals surface area contributed by atoms with Gasteiger partial charge in [-0.2, -0.15) is 0 Å². The molecule has 166 valence electrons. The number of rotatable bonds is 6. The Kier molecular flexibility index (Phi) is 6.62. The van der Waals surface area contributed by atoms with E-state index in [1.165, 1.54) is 6.07 Å². The minimum Gasteiger partial charge on any atom is -0.462 e. The number of carbonyl (C=O) groups is 5. The van der Waals surface area contributed by atoms with Gasteiger partial charge in [-0.1, -0.05) is 12.1 Å². The third kappa shape index (κ3) is 4.48. The lowest BCUT2D eigenvalue weighted by Gasteiger charge is -2.14. The molecule has 10 heteroatoms. The van der Waals surface area contributed by atoms with Gasteiger partial charge in [0, 0.05) is 13.0 Å². The molecule has 0 spiro atoms. The lowest BCUT2D eigenvalue weighted by Crippen LogP contribution is -2.43. The Hall–Kier alpha value is -4.08. The summed E-state index contributed by atoms with van der Waals surface area (Å²) in [7, 11) is 0. The van der Waals surface area contributed by atoms with Gasteiger partial charge in [-0.25, -0.2) is 4.79 Å². The highest BCUT2D eigenvalue weighted by Gasteiger charge is 2.35. The number of hydrogen-bond acceptors (Lipinski definition) is 7. The first kappa shape index (κ1) is 22.6. The first-order valence-electron chi connectivity index (χ1n) is 9.94. The summed E-state index contributed by atoms with van der Waals surface area (Å²) in [5, 5.41) is 0. The van der Waals surface area contributed by atoms with Gasteiger partial charge < -0.3 is 4.74 Å². The zero-order valence-corrected chi connectivity index (χ0v) is 17.9. The minimum atomic E-state index is -0.672. The van der Waals surface area contributed by atoms with Crippen molar-refractivity contribution in [3.05, 3.63) is 64.0 Å². The van der Waals surface area contributed by atoms with Gasteiger partial charge in [0.1, 0.15) is 0 Å². The van der Waals surface area contributed by atoms with E-state index in [1.54, 1.807) is 45.0 Å². The van der Waals surface area contributed by atoms with Crippen LogP contribution in [0.4, 0.5) is 0 Å². The molecule has 0 unspecified atom stereocenters. The summed E-state index contributed by atoms with van der Waals surface area (Å²) >= 11 is 0. The summed E-state index contributed by atoms with van der Waals surface area (Å²) in [4.78, 5) is 66.5. The number of hydrogen-bond donors (Lipinski definition) is 2. The van der Waals surface area contributed by atoms with Gasteiger partial charge in [-0.15, -0.1) is 0 Å². The molecule has 2 heterocycles. The van der Waals surface area contributed by atoms with Crippen LogP contribution in [0.2, 0.25) is 0 Å². The van der Waals surface area contributed by atoms with Crippen LogP contribution < -0.4 is 10.9 Å². The Bertz CT molecular complexity index is 1090. The number of imide groups is 1. The molecule has 1 aromatic carbocycles. The van der Waals surface area contributed by atoms with Crippen molar-refractivity contribution in [2.24, 2.45) is 0 Å². The fourth-order valence-electron chi connectivity index (χ4n) is 3.28. The Balaban J connectivity index is 1.58. The first-order valence-corrected chi connectivity index (χ1v) is 9.94. The van der Waals surface area contributed by atoms with Gasteiger partial charge in [0.05, 0.1) is 40.2 Å². The number of carbonyl (C=O) groups excluding carboxylic acids is 5. The maximum Gasteiger partial charge on any atom is 0.339 e. The minimum absolute atomic E-state index is 0.0966. The van der Waals surface area contributed by atoms with Crippen molar-refractivity contribution >= 4 is 29.6 Å². The van der Waals surface area contributed by atoms with Crippen LogP contribution in [0.25, 0.3) is 0 Å². The lowest BCUT2D eigenvalue weighted by molar-refractivity contribution is -0.121. The third-order valence-corrected chi connectivity index (χ3v) is 4.90. The van der Waals surface area contributed by atoms with Crippen LogP contribution in [0.15, 0.2) is 30.3 Å². The van der Waals surface area contributed by atoms with E-state index in [1.807, 2.05) is 0 Å². The quantitative estimate of drug-likeness (QED) is 0.395. The molecule has 10 nitrogen and oxygen atoms in total. The highest BCUT2D eigenvalue weighted by Crippen LogP contribution is 2.22. The Morgan fingerprint density at radius 3 is 2.16 bits per heavy atom. The molecule has 2 aromatic rings. The number of benzene rings is 1. The van der Waals surface area contributed by atoms with Gasteiger partial charge in [-0.3, -0.25) is 39.9 Å². The van der Waals surface area contributed by atoms with Gasteiger partial charge in [0.2, 0.25) is 5.91 Å². The molecule has 0 fully saturated rings. The molecule has 0 saturated carbocycles. The zero-order chi connectivity index (χ0) is 23.4. The second kappa shape index (κ2) is 9.38. The molecule has 3 rings (SSSR count). The van der Waals surface area contributed by atoms with Gasteiger partial charge in [0.15, 0.2) is 0 Å². The number of nitrogens with zero attached hydrogens (tertiary/aromatic N) is 2. The van der Waals surface area contributed by atoms with Crippen LogP contribution in [0.3, 0.4) is 0 Å². The molecule has 0 atom stereocenters. The summed E-state index contributed by atoms with van der Waals surface area (Å²) in [6.07, 6.45) is -0.203.